The number of aromatic nitrogens is 1. The summed E-state index contributed by atoms with van der Waals surface area (Å²) < 4.78 is 0. The van der Waals surface area contributed by atoms with E-state index in [1.807, 2.05) is 12.1 Å². The molecule has 1 aromatic heterocycles. The molecule has 0 saturated heterocycles. The normalized spacial score (nSPS) is 12.8. The molecule has 0 aromatic carbocycles. The van der Waals surface area contributed by atoms with E-state index in [0.29, 0.717) is 18.5 Å². The zero-order valence-corrected chi connectivity index (χ0v) is 6.85. The highest BCUT2D eigenvalue weighted by molar-refractivity contribution is 5.06. The van der Waals surface area contributed by atoms with Crippen molar-refractivity contribution in [3.63, 3.8) is 0 Å². The highest BCUT2D eigenvalue weighted by Crippen LogP contribution is 2.14. The lowest BCUT2D eigenvalue weighted by Gasteiger charge is -2.07. The van der Waals surface area contributed by atoms with Crippen LogP contribution in [0.1, 0.15) is 24.6 Å². The number of aliphatic hydroxyl groups excluding tert-OH is 2. The van der Waals surface area contributed by atoms with E-state index in [9.17, 15) is 5.11 Å². The molecule has 0 aliphatic heterocycles. The summed E-state index contributed by atoms with van der Waals surface area (Å²) in [6.45, 7) is 0.115. The van der Waals surface area contributed by atoms with Crippen LogP contribution in [-0.4, -0.2) is 21.8 Å². The van der Waals surface area contributed by atoms with Crippen LogP contribution in [0.5, 0.6) is 0 Å². The van der Waals surface area contributed by atoms with Crippen LogP contribution in [0.3, 0.4) is 0 Å². The predicted octanol–water partition coefficient (Wildman–Crippen LogP) is 0.887. The van der Waals surface area contributed by atoms with E-state index in [1.54, 1.807) is 12.3 Å². The molecule has 0 amide bonds. The number of hydrogen-bond donors (Lipinski definition) is 2. The number of rotatable bonds is 4. The van der Waals surface area contributed by atoms with E-state index >= 15 is 0 Å². The summed E-state index contributed by atoms with van der Waals surface area (Å²) in [7, 11) is 0. The molecule has 1 heterocycles. The van der Waals surface area contributed by atoms with E-state index in [-0.39, 0.29) is 6.61 Å². The van der Waals surface area contributed by atoms with Gasteiger partial charge < -0.3 is 10.2 Å². The highest BCUT2D eigenvalue weighted by atomic mass is 16.3. The Morgan fingerprint density at radius 3 is 2.83 bits per heavy atom. The second kappa shape index (κ2) is 4.85. The number of hydrogen-bond acceptors (Lipinski definition) is 3. The molecule has 1 aromatic rings. The third-order valence-electron chi connectivity index (χ3n) is 1.66. The predicted molar refractivity (Wildman–Crippen MR) is 45.5 cm³/mol. The zero-order valence-electron chi connectivity index (χ0n) is 6.85. The molecule has 0 aliphatic rings. The van der Waals surface area contributed by atoms with Crippen LogP contribution in [0.25, 0.3) is 0 Å². The van der Waals surface area contributed by atoms with Gasteiger partial charge in [0, 0.05) is 12.8 Å². The van der Waals surface area contributed by atoms with Crippen LogP contribution in [0.2, 0.25) is 0 Å². The number of aliphatic hydroxyl groups is 2. The molecular formula is C9H13NO2. The first kappa shape index (κ1) is 9.16. The first-order valence-corrected chi connectivity index (χ1v) is 4.04. The molecule has 0 saturated carbocycles. The zero-order chi connectivity index (χ0) is 8.81. The van der Waals surface area contributed by atoms with Crippen LogP contribution in [-0.2, 0) is 0 Å². The molecule has 0 bridgehead atoms. The van der Waals surface area contributed by atoms with Crippen molar-refractivity contribution in [2.45, 2.75) is 18.9 Å². The van der Waals surface area contributed by atoms with Gasteiger partial charge in [0.2, 0.25) is 0 Å². The van der Waals surface area contributed by atoms with Crippen LogP contribution in [0.4, 0.5) is 0 Å². The Labute approximate surface area is 71.7 Å². The molecule has 0 fully saturated rings. The average molecular weight is 167 g/mol. The average Bonchev–Trinajstić information content (AvgIpc) is 2.15. The Bertz CT molecular complexity index is 213. The largest absolute Gasteiger partial charge is 0.396 e. The Hall–Kier alpha value is -0.930. The van der Waals surface area contributed by atoms with Gasteiger partial charge in [-0.1, -0.05) is 6.07 Å². The van der Waals surface area contributed by atoms with E-state index in [2.05, 4.69) is 4.98 Å². The van der Waals surface area contributed by atoms with Crippen LogP contribution >= 0.6 is 0 Å². The van der Waals surface area contributed by atoms with Gasteiger partial charge in [-0.25, -0.2) is 0 Å². The van der Waals surface area contributed by atoms with Crippen molar-refractivity contribution in [1.29, 1.82) is 0 Å². The molecule has 0 radical (unpaired) electrons. The number of nitrogens with zero attached hydrogens (tertiary/aromatic N) is 1. The molecular weight excluding hydrogens is 154 g/mol. The Morgan fingerprint density at radius 1 is 1.42 bits per heavy atom. The van der Waals surface area contributed by atoms with Crippen molar-refractivity contribution in [2.24, 2.45) is 0 Å². The third-order valence-corrected chi connectivity index (χ3v) is 1.66. The van der Waals surface area contributed by atoms with E-state index in [1.165, 1.54) is 0 Å². The van der Waals surface area contributed by atoms with Crippen LogP contribution in [0.15, 0.2) is 24.4 Å². The lowest BCUT2D eigenvalue weighted by Crippen LogP contribution is -2.00. The fourth-order valence-corrected chi connectivity index (χ4v) is 1.01. The minimum Gasteiger partial charge on any atom is -0.396 e. The first-order valence-electron chi connectivity index (χ1n) is 4.04. The van der Waals surface area contributed by atoms with Crippen molar-refractivity contribution < 1.29 is 10.2 Å². The topological polar surface area (TPSA) is 53.4 Å². The summed E-state index contributed by atoms with van der Waals surface area (Å²) >= 11 is 0. The fourth-order valence-electron chi connectivity index (χ4n) is 1.01. The number of pyridine rings is 1. The van der Waals surface area contributed by atoms with E-state index in [4.69, 9.17) is 5.11 Å². The highest BCUT2D eigenvalue weighted by Gasteiger charge is 2.06. The lowest BCUT2D eigenvalue weighted by molar-refractivity contribution is 0.147. The molecule has 0 spiro atoms. The van der Waals surface area contributed by atoms with Gasteiger partial charge in [0.05, 0.1) is 11.8 Å². The smallest absolute Gasteiger partial charge is 0.0960 e. The van der Waals surface area contributed by atoms with Gasteiger partial charge in [-0.05, 0) is 25.0 Å². The van der Waals surface area contributed by atoms with Gasteiger partial charge in [0.25, 0.3) is 0 Å². The summed E-state index contributed by atoms with van der Waals surface area (Å²) in [6.07, 6.45) is 2.28. The van der Waals surface area contributed by atoms with Crippen LogP contribution < -0.4 is 0 Å². The maximum Gasteiger partial charge on any atom is 0.0960 e. The van der Waals surface area contributed by atoms with Gasteiger partial charge in [-0.3, -0.25) is 4.98 Å². The maximum absolute atomic E-state index is 9.48. The van der Waals surface area contributed by atoms with Crippen molar-refractivity contribution in [3.05, 3.63) is 30.1 Å². The van der Waals surface area contributed by atoms with Gasteiger partial charge in [-0.15, -0.1) is 0 Å². The molecule has 3 heteroatoms. The fraction of sp³-hybridized carbons (Fsp3) is 0.444. The molecule has 1 rings (SSSR count). The van der Waals surface area contributed by atoms with E-state index in [0.717, 1.165) is 0 Å². The molecule has 3 nitrogen and oxygen atoms in total. The van der Waals surface area contributed by atoms with Crippen molar-refractivity contribution >= 4 is 0 Å². The monoisotopic (exact) mass is 167 g/mol. The third kappa shape index (κ3) is 2.60. The quantitative estimate of drug-likeness (QED) is 0.700. The standard InChI is InChI=1S/C9H13NO2/c11-7-3-5-9(12)8-4-1-2-6-10-8/h1-2,4,6,9,11-12H,3,5,7H2. The van der Waals surface area contributed by atoms with Gasteiger partial charge >= 0.3 is 0 Å². The van der Waals surface area contributed by atoms with E-state index < -0.39 is 6.10 Å². The van der Waals surface area contributed by atoms with Crippen molar-refractivity contribution in [2.75, 3.05) is 6.61 Å². The minimum absolute atomic E-state index is 0.115. The summed E-state index contributed by atoms with van der Waals surface area (Å²) in [5.74, 6) is 0. The second-order valence-corrected chi connectivity index (χ2v) is 2.64. The summed E-state index contributed by atoms with van der Waals surface area (Å²) in [5, 5.41) is 18.0. The lowest BCUT2D eigenvalue weighted by atomic mass is 10.1. The molecule has 66 valence electrons. The molecule has 1 atom stereocenters. The van der Waals surface area contributed by atoms with Gasteiger partial charge in [0.15, 0.2) is 0 Å². The minimum atomic E-state index is -0.543. The maximum atomic E-state index is 9.48. The summed E-state index contributed by atoms with van der Waals surface area (Å²) in [6, 6.07) is 5.43. The summed E-state index contributed by atoms with van der Waals surface area (Å²) in [4.78, 5) is 4.00. The van der Waals surface area contributed by atoms with Gasteiger partial charge in [0.1, 0.15) is 0 Å². The van der Waals surface area contributed by atoms with Crippen LogP contribution in [0, 0.1) is 0 Å². The molecule has 2 N–H and O–H groups in total. The van der Waals surface area contributed by atoms with Gasteiger partial charge in [-0.2, -0.15) is 0 Å². The Kier molecular flexibility index (Phi) is 3.70. The Balaban J connectivity index is 2.48. The first-order chi connectivity index (χ1) is 5.84. The molecule has 1 unspecified atom stereocenters. The Morgan fingerprint density at radius 2 is 2.25 bits per heavy atom. The van der Waals surface area contributed by atoms with Crippen molar-refractivity contribution in [1.82, 2.24) is 4.98 Å². The SMILES string of the molecule is OCCCC(O)c1ccccn1. The summed E-state index contributed by atoms with van der Waals surface area (Å²) in [5.41, 5.74) is 0.672. The molecule has 12 heavy (non-hydrogen) atoms. The molecule has 0 aliphatic carbocycles. The second-order valence-electron chi connectivity index (χ2n) is 2.64. The van der Waals surface area contributed by atoms with Crippen molar-refractivity contribution in [3.8, 4) is 0 Å².